The number of rotatable bonds is 6. The van der Waals surface area contributed by atoms with Crippen molar-refractivity contribution in [1.29, 1.82) is 5.26 Å². The molecule has 7 nitrogen and oxygen atoms in total. The largest absolute Gasteiger partial charge is 0.446 e. The molecule has 0 spiro atoms. The Bertz CT molecular complexity index is 772. The van der Waals surface area contributed by atoms with Crippen molar-refractivity contribution in [2.75, 3.05) is 6.54 Å². The van der Waals surface area contributed by atoms with E-state index in [-0.39, 0.29) is 29.8 Å². The van der Waals surface area contributed by atoms with E-state index in [0.717, 1.165) is 25.7 Å². The van der Waals surface area contributed by atoms with Crippen LogP contribution in [0.1, 0.15) is 64.9 Å². The van der Waals surface area contributed by atoms with Crippen LogP contribution in [0.2, 0.25) is 0 Å². The Hall–Kier alpha value is -2.88. The molecule has 1 saturated carbocycles. The molecule has 1 fully saturated rings. The van der Waals surface area contributed by atoms with Crippen LogP contribution in [0.5, 0.6) is 0 Å². The Labute approximate surface area is 178 Å². The van der Waals surface area contributed by atoms with Crippen molar-refractivity contribution < 1.29 is 14.3 Å². The van der Waals surface area contributed by atoms with Gasteiger partial charge in [-0.2, -0.15) is 5.26 Å². The molecular formula is C23H32N4O3. The van der Waals surface area contributed by atoms with Gasteiger partial charge in [-0.15, -0.1) is 0 Å². The Kier molecular flexibility index (Phi) is 8.85. The van der Waals surface area contributed by atoms with E-state index in [1.54, 1.807) is 0 Å². The monoisotopic (exact) mass is 412 g/mol. The highest BCUT2D eigenvalue weighted by Gasteiger charge is 2.26. The maximum absolute atomic E-state index is 12.6. The molecule has 1 aromatic rings. The number of nitrogens with one attached hydrogen (secondary N) is 2. The summed E-state index contributed by atoms with van der Waals surface area (Å²) < 4.78 is 5.58. The molecule has 1 aliphatic carbocycles. The van der Waals surface area contributed by atoms with Gasteiger partial charge in [0.05, 0.1) is 6.07 Å². The molecular weight excluding hydrogens is 380 g/mol. The fourth-order valence-corrected chi connectivity index (χ4v) is 3.41. The number of carbonyl (C=O) groups excluding carboxylic acids is 2. The van der Waals surface area contributed by atoms with Crippen molar-refractivity contribution in [3.8, 4) is 6.07 Å². The molecule has 0 saturated heterocycles. The molecule has 0 radical (unpaired) electrons. The van der Waals surface area contributed by atoms with Crippen LogP contribution >= 0.6 is 0 Å². The molecule has 1 aromatic carbocycles. The van der Waals surface area contributed by atoms with Crippen LogP contribution in [-0.2, 0) is 9.53 Å². The van der Waals surface area contributed by atoms with E-state index in [4.69, 9.17) is 10.00 Å². The second kappa shape index (κ2) is 11.3. The second-order valence-corrected chi connectivity index (χ2v) is 8.79. The summed E-state index contributed by atoms with van der Waals surface area (Å²) in [6, 6.07) is 10.4. The number of ether oxygens (including phenoxy) is 1. The highest BCUT2D eigenvalue weighted by molar-refractivity contribution is 6.07. The van der Waals surface area contributed by atoms with Gasteiger partial charge in [0.25, 0.3) is 0 Å². The molecule has 0 aromatic heterocycles. The molecule has 2 N–H and O–H groups in total. The van der Waals surface area contributed by atoms with E-state index in [1.807, 2.05) is 57.2 Å². The van der Waals surface area contributed by atoms with Crippen molar-refractivity contribution in [1.82, 2.24) is 10.6 Å². The minimum Gasteiger partial charge on any atom is -0.446 e. The van der Waals surface area contributed by atoms with Crippen LogP contribution in [0.4, 0.5) is 4.79 Å². The standard InChI is InChI=1S/C23H32N4O3/c1-23(2,3)16-19(21(28)25-15-14-24)26-20(17-10-6-4-7-11-17)27-22(29)30-18-12-8-5-9-13-18/h4,6-7,10-11,18-19H,5,8-9,12-13,15-16H2,1-3H3,(H,25,28)(H,26,27,29)/t19-/m0/s1. The van der Waals surface area contributed by atoms with Gasteiger partial charge in [-0.05, 0) is 37.5 Å². The number of nitrogens with zero attached hydrogens (tertiary/aromatic N) is 2. The summed E-state index contributed by atoms with van der Waals surface area (Å²) in [5.74, 6) is -0.0554. The maximum atomic E-state index is 12.6. The van der Waals surface area contributed by atoms with Crippen LogP contribution in [0.15, 0.2) is 35.3 Å². The van der Waals surface area contributed by atoms with E-state index >= 15 is 0 Å². The summed E-state index contributed by atoms with van der Waals surface area (Å²) in [4.78, 5) is 29.8. The highest BCUT2D eigenvalue weighted by Crippen LogP contribution is 2.23. The van der Waals surface area contributed by atoms with Crippen molar-refractivity contribution in [2.45, 2.75) is 71.4 Å². The van der Waals surface area contributed by atoms with Crippen molar-refractivity contribution in [3.63, 3.8) is 0 Å². The van der Waals surface area contributed by atoms with Gasteiger partial charge in [0.1, 0.15) is 24.5 Å². The van der Waals surface area contributed by atoms with Crippen LogP contribution in [0.3, 0.4) is 0 Å². The Morgan fingerprint density at radius 3 is 2.47 bits per heavy atom. The topological polar surface area (TPSA) is 104 Å². The average molecular weight is 413 g/mol. The molecule has 0 unspecified atom stereocenters. The summed E-state index contributed by atoms with van der Waals surface area (Å²) in [6.45, 7) is 5.95. The number of aliphatic imine (C=N–C) groups is 1. The van der Waals surface area contributed by atoms with Crippen LogP contribution in [-0.4, -0.2) is 36.5 Å². The average Bonchev–Trinajstić information content (AvgIpc) is 2.71. The van der Waals surface area contributed by atoms with E-state index in [9.17, 15) is 9.59 Å². The second-order valence-electron chi connectivity index (χ2n) is 8.79. The molecule has 1 atom stereocenters. The number of nitriles is 1. The number of benzene rings is 1. The first kappa shape index (κ1) is 23.4. The molecule has 162 valence electrons. The summed E-state index contributed by atoms with van der Waals surface area (Å²) in [5.41, 5.74) is 0.507. The molecule has 0 aliphatic heterocycles. The third-order valence-corrected chi connectivity index (χ3v) is 4.83. The minimum absolute atomic E-state index is 0.0833. The first-order chi connectivity index (χ1) is 14.3. The maximum Gasteiger partial charge on any atom is 0.413 e. The van der Waals surface area contributed by atoms with Crippen LogP contribution in [0.25, 0.3) is 0 Å². The number of hydrogen-bond donors (Lipinski definition) is 2. The zero-order valence-corrected chi connectivity index (χ0v) is 18.1. The highest BCUT2D eigenvalue weighted by atomic mass is 16.6. The fraction of sp³-hybridized carbons (Fsp3) is 0.565. The van der Waals surface area contributed by atoms with Crippen LogP contribution < -0.4 is 10.6 Å². The lowest BCUT2D eigenvalue weighted by atomic mass is 9.88. The lowest BCUT2D eigenvalue weighted by Crippen LogP contribution is -2.40. The third kappa shape index (κ3) is 8.24. The summed E-state index contributed by atoms with van der Waals surface area (Å²) >= 11 is 0. The van der Waals surface area contributed by atoms with E-state index in [2.05, 4.69) is 15.6 Å². The predicted octanol–water partition coefficient (Wildman–Crippen LogP) is 3.94. The van der Waals surface area contributed by atoms with Crippen molar-refractivity contribution >= 4 is 17.8 Å². The van der Waals surface area contributed by atoms with E-state index in [0.29, 0.717) is 12.0 Å². The lowest BCUT2D eigenvalue weighted by molar-refractivity contribution is -0.122. The first-order valence-corrected chi connectivity index (χ1v) is 10.5. The Morgan fingerprint density at radius 1 is 1.20 bits per heavy atom. The van der Waals surface area contributed by atoms with Gasteiger partial charge < -0.3 is 10.1 Å². The zero-order valence-electron chi connectivity index (χ0n) is 18.1. The predicted molar refractivity (Wildman–Crippen MR) is 116 cm³/mol. The lowest BCUT2D eigenvalue weighted by Gasteiger charge is -2.24. The molecule has 30 heavy (non-hydrogen) atoms. The van der Waals surface area contributed by atoms with Crippen molar-refractivity contribution in [3.05, 3.63) is 35.9 Å². The molecule has 0 heterocycles. The number of alkyl carbamates (subject to hydrolysis) is 1. The molecule has 1 aliphatic rings. The van der Waals surface area contributed by atoms with Gasteiger partial charge in [-0.25, -0.2) is 4.79 Å². The molecule has 0 bridgehead atoms. The fourth-order valence-electron chi connectivity index (χ4n) is 3.41. The van der Waals surface area contributed by atoms with Gasteiger partial charge in [-0.3, -0.25) is 15.1 Å². The number of amidine groups is 1. The quantitative estimate of drug-likeness (QED) is 0.419. The Morgan fingerprint density at radius 2 is 1.87 bits per heavy atom. The van der Waals surface area contributed by atoms with Gasteiger partial charge in [-0.1, -0.05) is 57.5 Å². The van der Waals surface area contributed by atoms with Crippen LogP contribution in [0, 0.1) is 16.7 Å². The summed E-state index contributed by atoms with van der Waals surface area (Å²) in [5, 5.41) is 14.1. The van der Waals surface area contributed by atoms with Gasteiger partial charge in [0.2, 0.25) is 5.91 Å². The van der Waals surface area contributed by atoms with Gasteiger partial charge >= 0.3 is 6.09 Å². The number of hydrogen-bond acceptors (Lipinski definition) is 5. The first-order valence-electron chi connectivity index (χ1n) is 10.5. The normalized spacial score (nSPS) is 16.3. The van der Waals surface area contributed by atoms with E-state index < -0.39 is 12.1 Å². The smallest absolute Gasteiger partial charge is 0.413 e. The molecule has 7 heteroatoms. The van der Waals surface area contributed by atoms with Crippen molar-refractivity contribution in [2.24, 2.45) is 10.4 Å². The molecule has 2 rings (SSSR count). The SMILES string of the molecule is CC(C)(C)C[C@H](N=C(NC(=O)OC1CCCCC1)c1ccccc1)C(=O)NCC#N. The number of carbonyl (C=O) groups is 2. The Balaban J connectivity index is 2.25. The zero-order chi connectivity index (χ0) is 22.0. The third-order valence-electron chi connectivity index (χ3n) is 4.83. The molecule has 2 amide bonds. The van der Waals surface area contributed by atoms with E-state index in [1.165, 1.54) is 6.42 Å². The summed E-state index contributed by atoms with van der Waals surface area (Å²) in [6.07, 6.45) is 4.85. The summed E-state index contributed by atoms with van der Waals surface area (Å²) in [7, 11) is 0. The minimum atomic E-state index is -0.747. The number of amides is 2. The van der Waals surface area contributed by atoms with Gasteiger partial charge in [0, 0.05) is 5.56 Å². The van der Waals surface area contributed by atoms with Gasteiger partial charge in [0.15, 0.2) is 0 Å².